The number of likely N-dealkylation sites (tertiary alicyclic amines) is 1. The number of rotatable bonds is 6. The third kappa shape index (κ3) is 5.06. The minimum absolute atomic E-state index is 0.0350. The minimum atomic E-state index is -0.761. The van der Waals surface area contributed by atoms with Gasteiger partial charge in [-0.05, 0) is 29.9 Å². The van der Waals surface area contributed by atoms with Gasteiger partial charge in [-0.3, -0.25) is 14.5 Å². The summed E-state index contributed by atoms with van der Waals surface area (Å²) in [5.74, 6) is -0.788. The molecule has 0 aromatic heterocycles. The quantitative estimate of drug-likeness (QED) is 0.868. The van der Waals surface area contributed by atoms with Gasteiger partial charge >= 0.3 is 5.97 Å². The van der Waals surface area contributed by atoms with Crippen molar-refractivity contribution in [1.29, 1.82) is 0 Å². The smallest absolute Gasteiger partial charge is 0.307 e. The van der Waals surface area contributed by atoms with Gasteiger partial charge in [-0.2, -0.15) is 0 Å². The number of benzene rings is 1. The molecule has 1 aliphatic rings. The highest BCUT2D eigenvalue weighted by Gasteiger charge is 2.30. The summed E-state index contributed by atoms with van der Waals surface area (Å²) >= 11 is 0. The monoisotopic (exact) mass is 332 g/mol. The maximum absolute atomic E-state index is 12.5. The Labute approximate surface area is 144 Å². The molecular formula is C19H28N2O3. The van der Waals surface area contributed by atoms with Crippen molar-refractivity contribution in [3.63, 3.8) is 0 Å². The fourth-order valence-electron chi connectivity index (χ4n) is 3.32. The van der Waals surface area contributed by atoms with Gasteiger partial charge in [0.1, 0.15) is 0 Å². The highest BCUT2D eigenvalue weighted by molar-refractivity contribution is 5.78. The van der Waals surface area contributed by atoms with Crippen LogP contribution in [0.4, 0.5) is 0 Å². The van der Waals surface area contributed by atoms with Crippen LogP contribution < -0.4 is 0 Å². The van der Waals surface area contributed by atoms with Gasteiger partial charge in [0.25, 0.3) is 0 Å². The second-order valence-corrected chi connectivity index (χ2v) is 6.99. The first-order chi connectivity index (χ1) is 11.4. The van der Waals surface area contributed by atoms with Crippen LogP contribution in [-0.2, 0) is 22.6 Å². The molecule has 1 aromatic carbocycles. The van der Waals surface area contributed by atoms with Gasteiger partial charge < -0.3 is 10.0 Å². The average molecular weight is 332 g/mol. The number of nitrogens with zero attached hydrogens (tertiary/aromatic N) is 2. The molecule has 2 rings (SSSR count). The van der Waals surface area contributed by atoms with E-state index in [1.54, 1.807) is 11.9 Å². The molecule has 1 heterocycles. The van der Waals surface area contributed by atoms with E-state index in [0.29, 0.717) is 25.4 Å². The zero-order chi connectivity index (χ0) is 17.7. The summed E-state index contributed by atoms with van der Waals surface area (Å²) in [6.45, 7) is 6.28. The number of piperidine rings is 1. The summed E-state index contributed by atoms with van der Waals surface area (Å²) in [5.41, 5.74) is 2.40. The second kappa shape index (κ2) is 8.29. The van der Waals surface area contributed by atoms with E-state index in [-0.39, 0.29) is 18.4 Å². The van der Waals surface area contributed by atoms with E-state index in [9.17, 15) is 14.7 Å². The van der Waals surface area contributed by atoms with Crippen LogP contribution in [0.2, 0.25) is 0 Å². The van der Waals surface area contributed by atoms with Gasteiger partial charge in [0, 0.05) is 26.7 Å². The Balaban J connectivity index is 1.89. The summed E-state index contributed by atoms with van der Waals surface area (Å²) in [6.07, 6.45) is 1.70. The third-order valence-electron chi connectivity index (χ3n) is 4.72. The van der Waals surface area contributed by atoms with Gasteiger partial charge in [0.15, 0.2) is 0 Å². The Bertz CT molecular complexity index is 570. The topological polar surface area (TPSA) is 60.9 Å². The maximum Gasteiger partial charge on any atom is 0.307 e. The minimum Gasteiger partial charge on any atom is -0.481 e. The molecule has 0 aliphatic carbocycles. The number of amides is 1. The lowest BCUT2D eigenvalue weighted by atomic mass is 9.90. The molecule has 1 saturated heterocycles. The molecule has 132 valence electrons. The Morgan fingerprint density at radius 2 is 1.83 bits per heavy atom. The Hall–Kier alpha value is -1.88. The number of hydrogen-bond donors (Lipinski definition) is 1. The number of hydrogen-bond acceptors (Lipinski definition) is 3. The van der Waals surface area contributed by atoms with Crippen molar-refractivity contribution in [2.24, 2.45) is 11.8 Å². The molecule has 2 atom stereocenters. The SMILES string of the molecule is CCc1ccc(CN(C)C(=O)CN2CC(C)CC(C(=O)O)C2)cc1. The first kappa shape index (κ1) is 18.5. The Morgan fingerprint density at radius 3 is 2.42 bits per heavy atom. The van der Waals surface area contributed by atoms with Crippen LogP contribution in [0.25, 0.3) is 0 Å². The van der Waals surface area contributed by atoms with Crippen LogP contribution in [0.1, 0.15) is 31.4 Å². The standard InChI is InChI=1S/C19H28N2O3/c1-4-15-5-7-16(8-6-15)11-20(3)18(22)13-21-10-14(2)9-17(12-21)19(23)24/h5-8,14,17H,4,9-13H2,1-3H3,(H,23,24). The van der Waals surface area contributed by atoms with Gasteiger partial charge in [-0.15, -0.1) is 0 Å². The Kier molecular flexibility index (Phi) is 6.37. The fraction of sp³-hybridized carbons (Fsp3) is 0.579. The molecule has 1 N–H and O–H groups in total. The molecular weight excluding hydrogens is 304 g/mol. The molecule has 2 unspecified atom stereocenters. The number of aliphatic carboxylic acids is 1. The van der Waals surface area contributed by atoms with E-state index in [4.69, 9.17) is 0 Å². The number of likely N-dealkylation sites (N-methyl/N-ethyl adjacent to an activating group) is 1. The number of carboxylic acids is 1. The van der Waals surface area contributed by atoms with Crippen molar-refractivity contribution in [2.75, 3.05) is 26.7 Å². The molecule has 0 saturated carbocycles. The zero-order valence-corrected chi connectivity index (χ0v) is 14.9. The van der Waals surface area contributed by atoms with E-state index < -0.39 is 5.97 Å². The molecule has 0 bridgehead atoms. The molecule has 1 aromatic rings. The lowest BCUT2D eigenvalue weighted by Crippen LogP contribution is -2.47. The van der Waals surface area contributed by atoms with Crippen molar-refractivity contribution < 1.29 is 14.7 Å². The van der Waals surface area contributed by atoms with E-state index in [1.165, 1.54) is 5.56 Å². The molecule has 5 nitrogen and oxygen atoms in total. The van der Waals surface area contributed by atoms with Crippen molar-refractivity contribution >= 4 is 11.9 Å². The van der Waals surface area contributed by atoms with Gasteiger partial charge in [-0.25, -0.2) is 0 Å². The summed E-state index contributed by atoms with van der Waals surface area (Å²) in [4.78, 5) is 27.4. The number of carbonyl (C=O) groups is 2. The average Bonchev–Trinajstić information content (AvgIpc) is 2.54. The summed E-state index contributed by atoms with van der Waals surface area (Å²) in [7, 11) is 1.80. The van der Waals surface area contributed by atoms with Crippen LogP contribution in [0.3, 0.4) is 0 Å². The summed E-state index contributed by atoms with van der Waals surface area (Å²) in [5, 5.41) is 9.23. The fourth-order valence-corrected chi connectivity index (χ4v) is 3.32. The molecule has 0 spiro atoms. The first-order valence-corrected chi connectivity index (χ1v) is 8.66. The van der Waals surface area contributed by atoms with Crippen LogP contribution in [0, 0.1) is 11.8 Å². The summed E-state index contributed by atoms with van der Waals surface area (Å²) in [6, 6.07) is 8.31. The number of aryl methyl sites for hydroxylation is 1. The van der Waals surface area contributed by atoms with E-state index in [2.05, 4.69) is 31.2 Å². The highest BCUT2D eigenvalue weighted by atomic mass is 16.4. The van der Waals surface area contributed by atoms with Crippen LogP contribution >= 0.6 is 0 Å². The normalized spacial score (nSPS) is 21.5. The van der Waals surface area contributed by atoms with Gasteiger partial charge in [0.2, 0.25) is 5.91 Å². The number of carboxylic acid groups (broad SMARTS) is 1. The molecule has 1 fully saturated rings. The van der Waals surface area contributed by atoms with Crippen molar-refractivity contribution in [1.82, 2.24) is 9.80 Å². The maximum atomic E-state index is 12.5. The third-order valence-corrected chi connectivity index (χ3v) is 4.72. The molecule has 0 radical (unpaired) electrons. The first-order valence-electron chi connectivity index (χ1n) is 8.66. The van der Waals surface area contributed by atoms with E-state index >= 15 is 0 Å². The highest BCUT2D eigenvalue weighted by Crippen LogP contribution is 2.21. The van der Waals surface area contributed by atoms with Gasteiger partial charge in [-0.1, -0.05) is 38.1 Å². The predicted octanol–water partition coefficient (Wildman–Crippen LogP) is 2.25. The summed E-state index contributed by atoms with van der Waals surface area (Å²) < 4.78 is 0. The Morgan fingerprint density at radius 1 is 1.21 bits per heavy atom. The lowest BCUT2D eigenvalue weighted by Gasteiger charge is -2.35. The molecule has 5 heteroatoms. The van der Waals surface area contributed by atoms with Crippen molar-refractivity contribution in [2.45, 2.75) is 33.2 Å². The lowest BCUT2D eigenvalue weighted by molar-refractivity contribution is -0.145. The van der Waals surface area contributed by atoms with Crippen LogP contribution in [-0.4, -0.2) is 53.5 Å². The van der Waals surface area contributed by atoms with Gasteiger partial charge in [0.05, 0.1) is 12.5 Å². The van der Waals surface area contributed by atoms with E-state index in [0.717, 1.165) is 18.5 Å². The largest absolute Gasteiger partial charge is 0.481 e. The van der Waals surface area contributed by atoms with Crippen LogP contribution in [0.5, 0.6) is 0 Å². The zero-order valence-electron chi connectivity index (χ0n) is 14.9. The molecule has 1 aliphatic heterocycles. The van der Waals surface area contributed by atoms with E-state index in [1.807, 2.05) is 11.8 Å². The molecule has 1 amide bonds. The second-order valence-electron chi connectivity index (χ2n) is 6.99. The predicted molar refractivity (Wildman–Crippen MR) is 93.6 cm³/mol. The van der Waals surface area contributed by atoms with Crippen molar-refractivity contribution in [3.05, 3.63) is 35.4 Å². The number of carbonyl (C=O) groups excluding carboxylic acids is 1. The molecule has 24 heavy (non-hydrogen) atoms. The van der Waals surface area contributed by atoms with Crippen LogP contribution in [0.15, 0.2) is 24.3 Å². The van der Waals surface area contributed by atoms with Crippen molar-refractivity contribution in [3.8, 4) is 0 Å².